The minimum atomic E-state index is -4.13. The number of halogens is 3. The molecule has 4 N–H and O–H groups in total. The van der Waals surface area contributed by atoms with Gasteiger partial charge in [0.1, 0.15) is 0 Å². The average Bonchev–Trinajstić information content (AvgIpc) is 3.46. The summed E-state index contributed by atoms with van der Waals surface area (Å²) >= 11 is 0. The number of carbonyl (C=O) groups excluding carboxylic acids is 1. The van der Waals surface area contributed by atoms with Gasteiger partial charge in [-0.15, -0.1) is 12.4 Å². The van der Waals surface area contributed by atoms with Crippen LogP contribution in [0, 0.1) is 17.6 Å². The maximum atomic E-state index is 13.3. The first-order valence-corrected chi connectivity index (χ1v) is 9.86. The molecule has 2 aromatic rings. The van der Waals surface area contributed by atoms with E-state index in [1.807, 2.05) is 0 Å². The van der Waals surface area contributed by atoms with E-state index < -0.39 is 26.6 Å². The van der Waals surface area contributed by atoms with Crippen LogP contribution in [0.25, 0.3) is 0 Å². The Morgan fingerprint density at radius 2 is 1.86 bits per heavy atom. The number of hydrogen-bond donors (Lipinski definition) is 3. The fourth-order valence-corrected chi connectivity index (χ4v) is 3.65. The van der Waals surface area contributed by atoms with E-state index in [9.17, 15) is 22.0 Å². The van der Waals surface area contributed by atoms with E-state index in [0.717, 1.165) is 25.0 Å². The number of hydrogen-bond acceptors (Lipinski definition) is 4. The molecule has 10 heteroatoms. The van der Waals surface area contributed by atoms with Crippen molar-refractivity contribution in [2.24, 2.45) is 11.7 Å². The maximum absolute atomic E-state index is 13.3. The zero-order valence-corrected chi connectivity index (χ0v) is 16.3. The summed E-state index contributed by atoms with van der Waals surface area (Å²) in [4.78, 5) is 11.8. The molecule has 0 spiro atoms. The quantitative estimate of drug-likeness (QED) is 0.627. The molecule has 0 radical (unpaired) electrons. The van der Waals surface area contributed by atoms with E-state index in [1.165, 1.54) is 24.3 Å². The van der Waals surface area contributed by atoms with Crippen LogP contribution in [-0.2, 0) is 10.0 Å². The van der Waals surface area contributed by atoms with Crippen LogP contribution in [0.1, 0.15) is 23.2 Å². The zero-order chi connectivity index (χ0) is 19.6. The van der Waals surface area contributed by atoms with E-state index in [-0.39, 0.29) is 35.6 Å². The molecule has 0 aromatic heterocycles. The van der Waals surface area contributed by atoms with Crippen molar-refractivity contribution in [3.8, 4) is 0 Å². The lowest BCUT2D eigenvalue weighted by molar-refractivity contribution is 0.0950. The van der Waals surface area contributed by atoms with Crippen LogP contribution >= 0.6 is 12.4 Å². The Kier molecular flexibility index (Phi) is 6.97. The first-order valence-electron chi connectivity index (χ1n) is 8.38. The molecule has 1 saturated carbocycles. The molecule has 1 aliphatic carbocycles. The minimum Gasteiger partial charge on any atom is -0.350 e. The molecule has 0 heterocycles. The first kappa shape index (κ1) is 22.1. The molecule has 6 nitrogen and oxygen atoms in total. The monoisotopic (exact) mass is 431 g/mol. The van der Waals surface area contributed by atoms with Crippen LogP contribution in [0.5, 0.6) is 0 Å². The molecule has 1 amide bonds. The van der Waals surface area contributed by atoms with Crippen LogP contribution in [0.3, 0.4) is 0 Å². The van der Waals surface area contributed by atoms with Crippen LogP contribution in [0.2, 0.25) is 0 Å². The second kappa shape index (κ2) is 8.85. The smallest absolute Gasteiger partial charge is 0.261 e. The Hall–Kier alpha value is -2.23. The van der Waals surface area contributed by atoms with Crippen LogP contribution in [0.15, 0.2) is 47.4 Å². The average molecular weight is 432 g/mol. The normalized spacial score (nSPS) is 14.7. The Bertz CT molecular complexity index is 968. The van der Waals surface area contributed by atoms with Crippen molar-refractivity contribution in [2.45, 2.75) is 23.8 Å². The van der Waals surface area contributed by atoms with Gasteiger partial charge in [-0.25, -0.2) is 17.2 Å². The van der Waals surface area contributed by atoms with Crippen molar-refractivity contribution in [2.75, 3.05) is 11.3 Å². The second-order valence-corrected chi connectivity index (χ2v) is 8.16. The molecule has 0 aliphatic heterocycles. The number of rotatable bonds is 7. The lowest BCUT2D eigenvalue weighted by atomic mass is 10.1. The topological polar surface area (TPSA) is 101 Å². The summed E-state index contributed by atoms with van der Waals surface area (Å²) in [6.07, 6.45) is 2.14. The highest BCUT2D eigenvalue weighted by atomic mass is 35.5. The number of amides is 1. The largest absolute Gasteiger partial charge is 0.350 e. The molecular weight excluding hydrogens is 412 g/mol. The van der Waals surface area contributed by atoms with Crippen molar-refractivity contribution in [1.82, 2.24) is 5.32 Å². The van der Waals surface area contributed by atoms with E-state index in [4.69, 9.17) is 5.73 Å². The predicted molar refractivity (Wildman–Crippen MR) is 104 cm³/mol. The molecule has 28 heavy (non-hydrogen) atoms. The minimum absolute atomic E-state index is 0. The summed E-state index contributed by atoms with van der Waals surface area (Å²) in [5.74, 6) is -2.34. The molecular formula is C18H20ClF2N3O3S. The van der Waals surface area contributed by atoms with Crippen molar-refractivity contribution in [3.63, 3.8) is 0 Å². The van der Waals surface area contributed by atoms with E-state index in [1.54, 1.807) is 0 Å². The second-order valence-electron chi connectivity index (χ2n) is 6.47. The van der Waals surface area contributed by atoms with E-state index in [2.05, 4.69) is 10.0 Å². The van der Waals surface area contributed by atoms with Gasteiger partial charge in [0.2, 0.25) is 0 Å². The highest BCUT2D eigenvalue weighted by molar-refractivity contribution is 7.92. The number of sulfonamides is 1. The molecule has 1 aliphatic rings. The van der Waals surface area contributed by atoms with Gasteiger partial charge in [-0.05, 0) is 55.2 Å². The molecule has 3 rings (SSSR count). The van der Waals surface area contributed by atoms with Crippen LogP contribution in [0.4, 0.5) is 14.5 Å². The molecule has 1 unspecified atom stereocenters. The fourth-order valence-electron chi connectivity index (χ4n) is 2.59. The first-order chi connectivity index (χ1) is 12.8. The molecule has 1 atom stereocenters. The van der Waals surface area contributed by atoms with Gasteiger partial charge in [-0.2, -0.15) is 0 Å². The number of benzene rings is 2. The molecule has 0 bridgehead atoms. The molecule has 0 saturated heterocycles. The Morgan fingerprint density at radius 3 is 2.50 bits per heavy atom. The van der Waals surface area contributed by atoms with Crippen molar-refractivity contribution in [1.29, 1.82) is 0 Å². The third kappa shape index (κ3) is 5.40. The number of carbonyl (C=O) groups is 1. The van der Waals surface area contributed by atoms with Gasteiger partial charge in [0, 0.05) is 23.8 Å². The van der Waals surface area contributed by atoms with E-state index in [0.29, 0.717) is 18.5 Å². The molecule has 2 aromatic carbocycles. The summed E-state index contributed by atoms with van der Waals surface area (Å²) < 4.78 is 53.2. The zero-order valence-electron chi connectivity index (χ0n) is 14.7. The highest BCUT2D eigenvalue weighted by Gasteiger charge is 2.28. The molecule has 152 valence electrons. The van der Waals surface area contributed by atoms with Gasteiger partial charge in [0.25, 0.3) is 15.9 Å². The third-order valence-corrected chi connectivity index (χ3v) is 5.68. The summed E-state index contributed by atoms with van der Waals surface area (Å²) in [5.41, 5.74) is 6.32. The summed E-state index contributed by atoms with van der Waals surface area (Å²) in [6, 6.07) is 8.04. The van der Waals surface area contributed by atoms with Crippen LogP contribution < -0.4 is 15.8 Å². The third-order valence-electron chi connectivity index (χ3n) is 4.30. The number of nitrogens with two attached hydrogens (primary N) is 1. The lowest BCUT2D eigenvalue weighted by Crippen LogP contribution is -2.38. The van der Waals surface area contributed by atoms with Crippen molar-refractivity contribution < 1.29 is 22.0 Å². The summed E-state index contributed by atoms with van der Waals surface area (Å²) in [7, 11) is -4.13. The number of nitrogens with one attached hydrogen (secondary N) is 2. The fraction of sp³-hybridized carbons (Fsp3) is 0.278. The van der Waals surface area contributed by atoms with Gasteiger partial charge in [0.15, 0.2) is 11.6 Å². The predicted octanol–water partition coefficient (Wildman–Crippen LogP) is 2.65. The summed E-state index contributed by atoms with van der Waals surface area (Å²) in [6.45, 7) is 0.342. The van der Waals surface area contributed by atoms with Gasteiger partial charge in [-0.1, -0.05) is 6.07 Å². The SMILES string of the molecule is Cl.NC(CNC(=O)c1cccc(NS(=O)(=O)c2ccc(F)c(F)c2)c1)C1CC1. The maximum Gasteiger partial charge on any atom is 0.261 e. The van der Waals surface area contributed by atoms with Crippen molar-refractivity contribution >= 4 is 34.0 Å². The Labute approximate surface area is 168 Å². The van der Waals surface area contributed by atoms with Gasteiger partial charge < -0.3 is 11.1 Å². The lowest BCUT2D eigenvalue weighted by Gasteiger charge is -2.13. The molecule has 1 fully saturated rings. The number of anilines is 1. The van der Waals surface area contributed by atoms with Gasteiger partial charge in [0.05, 0.1) is 4.90 Å². The van der Waals surface area contributed by atoms with Crippen LogP contribution in [-0.4, -0.2) is 26.9 Å². The highest BCUT2D eigenvalue weighted by Crippen LogP contribution is 2.31. The van der Waals surface area contributed by atoms with Crippen molar-refractivity contribution in [3.05, 3.63) is 59.7 Å². The van der Waals surface area contributed by atoms with Gasteiger partial charge in [-0.3, -0.25) is 9.52 Å². The Morgan fingerprint density at radius 1 is 1.14 bits per heavy atom. The Balaban J connectivity index is 0.00000280. The van der Waals surface area contributed by atoms with E-state index >= 15 is 0 Å². The summed E-state index contributed by atoms with van der Waals surface area (Å²) in [5, 5.41) is 2.72. The van der Waals surface area contributed by atoms with Gasteiger partial charge >= 0.3 is 0 Å². The standard InChI is InChI=1S/C18H19F2N3O3S.ClH/c19-15-7-6-14(9-16(15)20)27(25,26)23-13-3-1-2-12(8-13)18(24)22-10-17(21)11-4-5-11;/h1-3,6-9,11,17,23H,4-5,10,21H2,(H,22,24);1H.